The van der Waals surface area contributed by atoms with E-state index in [4.69, 9.17) is 25.4 Å². The maximum atomic E-state index is 11.8. The van der Waals surface area contributed by atoms with Gasteiger partial charge < -0.3 is 25.4 Å². The van der Waals surface area contributed by atoms with Gasteiger partial charge in [-0.1, -0.05) is 0 Å². The summed E-state index contributed by atoms with van der Waals surface area (Å²) >= 11 is 0. The molecule has 5 N–H and O–H groups in total. The highest BCUT2D eigenvalue weighted by molar-refractivity contribution is 5.88. The van der Waals surface area contributed by atoms with Crippen LogP contribution >= 0.6 is 0 Å². The molecule has 1 aromatic carbocycles. The first-order valence-corrected chi connectivity index (χ1v) is 6.21. The highest BCUT2D eigenvalue weighted by Gasteiger charge is 2.15. The molecule has 22 heavy (non-hydrogen) atoms. The van der Waals surface area contributed by atoms with Crippen LogP contribution in [-0.4, -0.2) is 25.3 Å². The summed E-state index contributed by atoms with van der Waals surface area (Å²) < 4.78 is 15.4. The number of ether oxygens (including phenoxy) is 2. The summed E-state index contributed by atoms with van der Waals surface area (Å²) in [6, 6.07) is 8.04. The molecule has 0 bridgehead atoms. The van der Waals surface area contributed by atoms with E-state index in [0.717, 1.165) is 5.56 Å². The predicted molar refractivity (Wildman–Crippen MR) is 78.6 cm³/mol. The Morgan fingerprint density at radius 3 is 2.77 bits per heavy atom. The van der Waals surface area contributed by atoms with Gasteiger partial charge in [0.1, 0.15) is 0 Å². The minimum absolute atomic E-state index is 0.0905. The van der Waals surface area contributed by atoms with Crippen molar-refractivity contribution >= 4 is 18.1 Å². The number of carbonyl (C=O) groups is 1. The molecule has 0 unspecified atom stereocenters. The third kappa shape index (κ3) is 3.85. The van der Waals surface area contributed by atoms with Gasteiger partial charge in [0.15, 0.2) is 11.5 Å². The Hall–Kier alpha value is -3.29. The number of nitrogens with zero attached hydrogens (tertiary/aromatic N) is 1. The smallest absolute Gasteiger partial charge is 0.379 e. The summed E-state index contributed by atoms with van der Waals surface area (Å²) in [6.07, 6.45) is 2.95. The van der Waals surface area contributed by atoms with Crippen LogP contribution in [0.3, 0.4) is 0 Å². The number of esters is 1. The number of guanidine groups is 1. The lowest BCUT2D eigenvalue weighted by atomic mass is 10.2. The molecule has 0 saturated carbocycles. The molecule has 0 amide bonds. The summed E-state index contributed by atoms with van der Waals surface area (Å²) in [5.74, 6) is 0.0426. The van der Waals surface area contributed by atoms with Crippen molar-refractivity contribution in [2.24, 2.45) is 16.6 Å². The normalized spacial score (nSPS) is 10.4. The van der Waals surface area contributed by atoms with Crippen LogP contribution in [0.5, 0.6) is 11.5 Å². The zero-order valence-corrected chi connectivity index (χ0v) is 11.8. The standard InChI is InChI=1S/C14H14N4O4/c1-20-12-7-9(8-17-18-14(15)16)4-5-10(12)22-13(19)11-3-2-6-21-11/h2-8H,1H3,(H4,15,16,18)/p+1/b17-8-. The molecule has 0 spiro atoms. The van der Waals surface area contributed by atoms with Crippen molar-refractivity contribution in [3.63, 3.8) is 0 Å². The van der Waals surface area contributed by atoms with E-state index in [9.17, 15) is 4.79 Å². The molecule has 0 aliphatic carbocycles. The highest BCUT2D eigenvalue weighted by Crippen LogP contribution is 2.28. The van der Waals surface area contributed by atoms with Crippen molar-refractivity contribution in [3.05, 3.63) is 47.9 Å². The second kappa shape index (κ2) is 6.93. The molecule has 0 aliphatic rings. The van der Waals surface area contributed by atoms with Crippen LogP contribution in [0.4, 0.5) is 0 Å². The van der Waals surface area contributed by atoms with Crippen LogP contribution in [0.25, 0.3) is 0 Å². The first kappa shape index (κ1) is 15.1. The molecular weight excluding hydrogens is 288 g/mol. The van der Waals surface area contributed by atoms with E-state index in [2.05, 4.69) is 10.2 Å². The Morgan fingerprint density at radius 1 is 1.32 bits per heavy atom. The summed E-state index contributed by atoms with van der Waals surface area (Å²) in [5.41, 5.74) is 11.1. The first-order chi connectivity index (χ1) is 10.6. The summed E-state index contributed by atoms with van der Waals surface area (Å²) in [4.78, 5) is 11.8. The van der Waals surface area contributed by atoms with Gasteiger partial charge in [-0.05, 0) is 30.3 Å². The van der Waals surface area contributed by atoms with Crippen molar-refractivity contribution < 1.29 is 23.8 Å². The first-order valence-electron chi connectivity index (χ1n) is 6.21. The van der Waals surface area contributed by atoms with E-state index in [1.165, 1.54) is 19.4 Å². The average Bonchev–Trinajstić information content (AvgIpc) is 3.02. The number of furan rings is 1. The van der Waals surface area contributed by atoms with Gasteiger partial charge in [0.05, 0.1) is 13.4 Å². The third-order valence-corrected chi connectivity index (χ3v) is 2.54. The molecule has 2 aromatic rings. The molecular formula is C14H15N4O4+. The van der Waals surface area contributed by atoms with E-state index in [-0.39, 0.29) is 17.5 Å². The van der Waals surface area contributed by atoms with Crippen LogP contribution in [0.2, 0.25) is 0 Å². The number of carbonyl (C=O) groups excluding carboxylic acids is 1. The summed E-state index contributed by atoms with van der Waals surface area (Å²) in [6.45, 7) is 0. The van der Waals surface area contributed by atoms with Gasteiger partial charge in [-0.15, -0.1) is 5.10 Å². The number of hydrazone groups is 1. The van der Waals surface area contributed by atoms with Crippen LogP contribution in [0, 0.1) is 0 Å². The van der Waals surface area contributed by atoms with Gasteiger partial charge in [0, 0.05) is 10.7 Å². The molecule has 1 aromatic heterocycles. The van der Waals surface area contributed by atoms with Gasteiger partial charge in [-0.25, -0.2) is 4.79 Å². The molecule has 114 valence electrons. The van der Waals surface area contributed by atoms with E-state index in [0.29, 0.717) is 5.75 Å². The zero-order valence-electron chi connectivity index (χ0n) is 11.8. The van der Waals surface area contributed by atoms with Crippen LogP contribution in [0.15, 0.2) is 46.1 Å². The Bertz CT molecular complexity index is 704. The van der Waals surface area contributed by atoms with Gasteiger partial charge in [-0.2, -0.15) is 0 Å². The van der Waals surface area contributed by atoms with E-state index >= 15 is 0 Å². The monoisotopic (exact) mass is 303 g/mol. The fourth-order valence-corrected chi connectivity index (χ4v) is 1.58. The van der Waals surface area contributed by atoms with Crippen LogP contribution in [-0.2, 0) is 0 Å². The van der Waals surface area contributed by atoms with Crippen LogP contribution in [0.1, 0.15) is 16.1 Å². The second-order valence-electron chi connectivity index (χ2n) is 4.09. The molecule has 0 atom stereocenters. The van der Waals surface area contributed by atoms with Gasteiger partial charge in [-0.3, -0.25) is 0 Å². The van der Waals surface area contributed by atoms with Crippen molar-refractivity contribution in [3.8, 4) is 11.5 Å². The van der Waals surface area contributed by atoms with E-state index < -0.39 is 5.97 Å². The van der Waals surface area contributed by atoms with E-state index in [1.54, 1.807) is 30.5 Å². The number of rotatable bonds is 5. The molecule has 0 aliphatic heterocycles. The molecule has 8 heteroatoms. The van der Waals surface area contributed by atoms with Crippen molar-refractivity contribution in [1.29, 1.82) is 0 Å². The van der Waals surface area contributed by atoms with Crippen molar-refractivity contribution in [2.75, 3.05) is 7.11 Å². The number of hydrogen-bond donors (Lipinski definition) is 3. The lowest BCUT2D eigenvalue weighted by Crippen LogP contribution is -2.63. The fraction of sp³-hybridized carbons (Fsp3) is 0.0714. The lowest BCUT2D eigenvalue weighted by molar-refractivity contribution is -0.456. The highest BCUT2D eigenvalue weighted by atomic mass is 16.6. The zero-order chi connectivity index (χ0) is 15.9. The largest absolute Gasteiger partial charge is 0.493 e. The number of nitrogens with one attached hydrogen (secondary N) is 1. The quantitative estimate of drug-likeness (QED) is 0.218. The minimum Gasteiger partial charge on any atom is -0.493 e. The number of nitrogens with two attached hydrogens (primary N) is 2. The maximum Gasteiger partial charge on any atom is 0.379 e. The second-order valence-corrected chi connectivity index (χ2v) is 4.09. The van der Waals surface area contributed by atoms with E-state index in [1.807, 2.05) is 0 Å². The summed E-state index contributed by atoms with van der Waals surface area (Å²) in [7, 11) is 1.47. The Balaban J connectivity index is 2.17. The Kier molecular flexibility index (Phi) is 4.76. The van der Waals surface area contributed by atoms with Gasteiger partial charge >= 0.3 is 5.97 Å². The van der Waals surface area contributed by atoms with Crippen molar-refractivity contribution in [2.45, 2.75) is 0 Å². The number of benzene rings is 1. The van der Waals surface area contributed by atoms with Crippen LogP contribution < -0.4 is 26.0 Å². The molecule has 0 radical (unpaired) electrons. The van der Waals surface area contributed by atoms with Gasteiger partial charge in [0.2, 0.25) is 12.0 Å². The third-order valence-electron chi connectivity index (χ3n) is 2.54. The SMILES string of the molecule is COc1cc(/C=[NH+]\N=C(N)N)ccc1OC(=O)c1ccco1. The lowest BCUT2D eigenvalue weighted by Gasteiger charge is -2.08. The Morgan fingerprint density at radius 2 is 2.14 bits per heavy atom. The fourth-order valence-electron chi connectivity index (χ4n) is 1.58. The number of methoxy groups -OCH3 is 1. The van der Waals surface area contributed by atoms with Gasteiger partial charge in [0.25, 0.3) is 5.96 Å². The molecule has 2 rings (SSSR count). The maximum absolute atomic E-state index is 11.8. The Labute approximate surface area is 126 Å². The molecule has 0 fully saturated rings. The molecule has 8 nitrogen and oxygen atoms in total. The average molecular weight is 303 g/mol. The summed E-state index contributed by atoms with van der Waals surface area (Å²) in [5, 5.41) is 6.18. The molecule has 1 heterocycles. The predicted octanol–water partition coefficient (Wildman–Crippen LogP) is -0.805. The topological polar surface area (TPSA) is 127 Å². The number of hydrogen-bond acceptors (Lipinski definition) is 5. The molecule has 0 saturated heterocycles. The van der Waals surface area contributed by atoms with Crippen molar-refractivity contribution in [1.82, 2.24) is 0 Å². The minimum atomic E-state index is -0.612.